The molecule has 5 heteroatoms. The fourth-order valence-electron chi connectivity index (χ4n) is 1.17. The van der Waals surface area contributed by atoms with Crippen LogP contribution in [0.2, 0.25) is 0 Å². The number of thioether (sulfide) groups is 1. The summed E-state index contributed by atoms with van der Waals surface area (Å²) >= 11 is 1.80. The van der Waals surface area contributed by atoms with Crippen molar-refractivity contribution in [3.63, 3.8) is 0 Å². The summed E-state index contributed by atoms with van der Waals surface area (Å²) in [5.74, 6) is 2.59. The molecular formula is C10H17N3OS. The number of hydrogen-bond acceptors (Lipinski definition) is 5. The molecule has 1 heterocycles. The average molecular weight is 227 g/mol. The van der Waals surface area contributed by atoms with Crippen molar-refractivity contribution in [1.29, 1.82) is 0 Å². The quantitative estimate of drug-likeness (QED) is 0.753. The van der Waals surface area contributed by atoms with E-state index in [4.69, 9.17) is 4.74 Å². The minimum Gasteiger partial charge on any atom is -0.478 e. The first-order valence-electron chi connectivity index (χ1n) is 4.96. The lowest BCUT2D eigenvalue weighted by atomic mass is 10.3. The van der Waals surface area contributed by atoms with E-state index in [-0.39, 0.29) is 0 Å². The first-order valence-corrected chi connectivity index (χ1v) is 6.36. The number of anilines is 1. The molecule has 0 aliphatic carbocycles. The summed E-state index contributed by atoms with van der Waals surface area (Å²) in [6, 6.07) is 0. The van der Waals surface area contributed by atoms with Gasteiger partial charge in [0.15, 0.2) is 0 Å². The van der Waals surface area contributed by atoms with Crippen LogP contribution >= 0.6 is 11.8 Å². The number of nitrogens with zero attached hydrogens (tertiary/aromatic N) is 2. The topological polar surface area (TPSA) is 47.0 Å². The molecule has 0 spiro atoms. The molecule has 0 aliphatic rings. The number of aromatic nitrogens is 2. The molecule has 15 heavy (non-hydrogen) atoms. The Bertz CT molecular complexity index is 307. The van der Waals surface area contributed by atoms with Gasteiger partial charge in [-0.15, -0.1) is 0 Å². The second kappa shape index (κ2) is 6.50. The van der Waals surface area contributed by atoms with E-state index in [2.05, 4.69) is 21.5 Å². The Morgan fingerprint density at radius 3 is 2.93 bits per heavy atom. The third-order valence-corrected chi connectivity index (χ3v) is 2.53. The predicted octanol–water partition coefficient (Wildman–Crippen LogP) is 1.96. The van der Waals surface area contributed by atoms with Crippen LogP contribution < -0.4 is 10.1 Å². The van der Waals surface area contributed by atoms with Crippen molar-refractivity contribution >= 4 is 17.6 Å². The molecule has 0 saturated heterocycles. The lowest BCUT2D eigenvalue weighted by Gasteiger charge is -2.10. The summed E-state index contributed by atoms with van der Waals surface area (Å²) in [6.07, 6.45) is 3.61. The maximum atomic E-state index is 5.39. The standard InChI is InChI=1S/C10H17N3OS/c1-4-14-10-8(2)9(12-7-13-10)11-5-6-15-3/h7H,4-6H2,1-3H3,(H,11,12,13). The van der Waals surface area contributed by atoms with E-state index in [1.807, 2.05) is 13.8 Å². The summed E-state index contributed by atoms with van der Waals surface area (Å²) in [5, 5.41) is 3.26. The van der Waals surface area contributed by atoms with Crippen molar-refractivity contribution in [2.24, 2.45) is 0 Å². The molecule has 1 aromatic rings. The number of ether oxygens (including phenoxy) is 1. The first-order chi connectivity index (χ1) is 7.29. The number of nitrogens with one attached hydrogen (secondary N) is 1. The van der Waals surface area contributed by atoms with Gasteiger partial charge in [0, 0.05) is 12.3 Å². The van der Waals surface area contributed by atoms with E-state index in [1.165, 1.54) is 6.33 Å². The van der Waals surface area contributed by atoms with Crippen molar-refractivity contribution < 1.29 is 4.74 Å². The van der Waals surface area contributed by atoms with Crippen LogP contribution in [0, 0.1) is 6.92 Å². The Labute approximate surface area is 94.8 Å². The molecule has 0 fully saturated rings. The van der Waals surface area contributed by atoms with Crippen LogP contribution in [0.1, 0.15) is 12.5 Å². The monoisotopic (exact) mass is 227 g/mol. The molecule has 1 rings (SSSR count). The lowest BCUT2D eigenvalue weighted by Crippen LogP contribution is -2.08. The van der Waals surface area contributed by atoms with Gasteiger partial charge in [0.25, 0.3) is 0 Å². The van der Waals surface area contributed by atoms with Gasteiger partial charge in [0.05, 0.1) is 12.2 Å². The largest absolute Gasteiger partial charge is 0.478 e. The second-order valence-corrected chi connectivity index (χ2v) is 3.99. The molecule has 0 bridgehead atoms. The lowest BCUT2D eigenvalue weighted by molar-refractivity contribution is 0.324. The van der Waals surface area contributed by atoms with Gasteiger partial charge in [-0.05, 0) is 20.1 Å². The molecule has 0 aliphatic heterocycles. The molecule has 0 radical (unpaired) electrons. The molecule has 0 atom stereocenters. The summed E-state index contributed by atoms with van der Waals surface area (Å²) in [5.41, 5.74) is 0.973. The van der Waals surface area contributed by atoms with E-state index in [0.717, 1.165) is 23.7 Å². The van der Waals surface area contributed by atoms with Crippen LogP contribution in [0.3, 0.4) is 0 Å². The third-order valence-electron chi connectivity index (χ3n) is 1.92. The highest BCUT2D eigenvalue weighted by Gasteiger charge is 2.06. The number of rotatable bonds is 6. The molecule has 1 N–H and O–H groups in total. The van der Waals surface area contributed by atoms with E-state index in [0.29, 0.717) is 12.5 Å². The van der Waals surface area contributed by atoms with E-state index < -0.39 is 0 Å². The first kappa shape index (κ1) is 12.1. The van der Waals surface area contributed by atoms with Crippen LogP contribution in [-0.4, -0.2) is 35.1 Å². The maximum Gasteiger partial charge on any atom is 0.221 e. The third kappa shape index (κ3) is 3.58. The minimum atomic E-state index is 0.627. The Balaban J connectivity index is 2.66. The van der Waals surface area contributed by atoms with E-state index in [1.54, 1.807) is 11.8 Å². The van der Waals surface area contributed by atoms with Gasteiger partial charge in [-0.1, -0.05) is 0 Å². The molecule has 0 aromatic carbocycles. The summed E-state index contributed by atoms with van der Waals surface area (Å²) in [6.45, 7) is 5.45. The Hall–Kier alpha value is -0.970. The molecule has 0 unspecified atom stereocenters. The highest BCUT2D eigenvalue weighted by Crippen LogP contribution is 2.19. The van der Waals surface area contributed by atoms with Gasteiger partial charge in [-0.25, -0.2) is 9.97 Å². The van der Waals surface area contributed by atoms with Crippen molar-refractivity contribution in [1.82, 2.24) is 9.97 Å². The van der Waals surface area contributed by atoms with Crippen LogP contribution in [0.25, 0.3) is 0 Å². The zero-order valence-electron chi connectivity index (χ0n) is 9.41. The molecular weight excluding hydrogens is 210 g/mol. The summed E-state index contributed by atoms with van der Waals surface area (Å²) in [4.78, 5) is 8.26. The van der Waals surface area contributed by atoms with Crippen molar-refractivity contribution in [3.05, 3.63) is 11.9 Å². The summed E-state index contributed by atoms with van der Waals surface area (Å²) < 4.78 is 5.39. The second-order valence-electron chi connectivity index (χ2n) is 3.01. The van der Waals surface area contributed by atoms with Gasteiger partial charge in [-0.2, -0.15) is 11.8 Å². The molecule has 0 amide bonds. The highest BCUT2D eigenvalue weighted by atomic mass is 32.2. The SMILES string of the molecule is CCOc1ncnc(NCCSC)c1C. The Morgan fingerprint density at radius 2 is 2.27 bits per heavy atom. The van der Waals surface area contributed by atoms with Crippen LogP contribution in [-0.2, 0) is 0 Å². The maximum absolute atomic E-state index is 5.39. The zero-order valence-corrected chi connectivity index (χ0v) is 10.2. The molecule has 0 saturated carbocycles. The normalized spacial score (nSPS) is 10.1. The Morgan fingerprint density at radius 1 is 1.47 bits per heavy atom. The van der Waals surface area contributed by atoms with Gasteiger partial charge < -0.3 is 10.1 Å². The molecule has 1 aromatic heterocycles. The van der Waals surface area contributed by atoms with Gasteiger partial charge in [-0.3, -0.25) is 0 Å². The van der Waals surface area contributed by atoms with Gasteiger partial charge in [0.1, 0.15) is 12.1 Å². The fourth-order valence-corrected chi connectivity index (χ4v) is 1.47. The average Bonchev–Trinajstić information content (AvgIpc) is 2.24. The highest BCUT2D eigenvalue weighted by molar-refractivity contribution is 7.98. The van der Waals surface area contributed by atoms with Crippen LogP contribution in [0.5, 0.6) is 5.88 Å². The van der Waals surface area contributed by atoms with Gasteiger partial charge >= 0.3 is 0 Å². The Kier molecular flexibility index (Phi) is 5.25. The zero-order chi connectivity index (χ0) is 11.1. The fraction of sp³-hybridized carbons (Fsp3) is 0.600. The summed E-state index contributed by atoms with van der Waals surface area (Å²) in [7, 11) is 0. The van der Waals surface area contributed by atoms with Crippen LogP contribution in [0.15, 0.2) is 6.33 Å². The smallest absolute Gasteiger partial charge is 0.221 e. The molecule has 84 valence electrons. The van der Waals surface area contributed by atoms with Crippen molar-refractivity contribution in [3.8, 4) is 5.88 Å². The van der Waals surface area contributed by atoms with Crippen LogP contribution in [0.4, 0.5) is 5.82 Å². The van der Waals surface area contributed by atoms with E-state index in [9.17, 15) is 0 Å². The minimum absolute atomic E-state index is 0.627. The van der Waals surface area contributed by atoms with Crippen molar-refractivity contribution in [2.45, 2.75) is 13.8 Å². The van der Waals surface area contributed by atoms with Crippen molar-refractivity contribution in [2.75, 3.05) is 30.5 Å². The van der Waals surface area contributed by atoms with E-state index >= 15 is 0 Å². The predicted molar refractivity (Wildman–Crippen MR) is 64.8 cm³/mol. The number of hydrogen-bond donors (Lipinski definition) is 1. The van der Waals surface area contributed by atoms with Gasteiger partial charge in [0.2, 0.25) is 5.88 Å². The molecule has 4 nitrogen and oxygen atoms in total.